The van der Waals surface area contributed by atoms with E-state index in [1.807, 2.05) is 48.5 Å². The topological polar surface area (TPSA) is 50.2 Å². The van der Waals surface area contributed by atoms with Crippen LogP contribution in [0.5, 0.6) is 0 Å². The van der Waals surface area contributed by atoms with Crippen molar-refractivity contribution in [1.82, 2.24) is 4.98 Å². The predicted molar refractivity (Wildman–Crippen MR) is 89.3 cm³/mol. The second kappa shape index (κ2) is 6.30. The summed E-state index contributed by atoms with van der Waals surface area (Å²) in [7, 11) is 0. The fourth-order valence-corrected chi connectivity index (χ4v) is 3.15. The number of carboxylic acid groups (broad SMARTS) is 1. The van der Waals surface area contributed by atoms with E-state index < -0.39 is 5.97 Å². The summed E-state index contributed by atoms with van der Waals surface area (Å²) in [6.07, 6.45) is 1.64. The maximum atomic E-state index is 10.7. The van der Waals surface area contributed by atoms with Crippen LogP contribution in [0, 0.1) is 0 Å². The summed E-state index contributed by atoms with van der Waals surface area (Å²) >= 11 is 7.30. The predicted octanol–water partition coefficient (Wildman–Crippen LogP) is 4.76. The van der Waals surface area contributed by atoms with Gasteiger partial charge in [-0.05, 0) is 23.3 Å². The third kappa shape index (κ3) is 3.35. The van der Waals surface area contributed by atoms with Gasteiger partial charge in [0, 0.05) is 21.7 Å². The number of nitrogens with zero attached hydrogens (tertiary/aromatic N) is 1. The summed E-state index contributed by atoms with van der Waals surface area (Å²) in [5.41, 5.74) is 3.18. The normalized spacial score (nSPS) is 10.6. The monoisotopic (exact) mass is 329 g/mol. The van der Waals surface area contributed by atoms with Crippen molar-refractivity contribution in [3.63, 3.8) is 0 Å². The Bertz CT molecular complexity index is 794. The van der Waals surface area contributed by atoms with Gasteiger partial charge in [0.15, 0.2) is 0 Å². The Labute approximate surface area is 136 Å². The van der Waals surface area contributed by atoms with Crippen molar-refractivity contribution in [1.29, 1.82) is 0 Å². The van der Waals surface area contributed by atoms with Crippen molar-refractivity contribution in [2.75, 3.05) is 0 Å². The fourth-order valence-electron chi connectivity index (χ4n) is 2.12. The number of aromatic nitrogens is 1. The molecule has 2 aromatic carbocycles. The van der Waals surface area contributed by atoms with Crippen LogP contribution in [0.3, 0.4) is 0 Å². The largest absolute Gasteiger partial charge is 0.481 e. The molecule has 1 N–H and O–H groups in total. The molecule has 3 rings (SSSR count). The Morgan fingerprint density at radius 1 is 1.00 bits per heavy atom. The third-order valence-corrected chi connectivity index (χ3v) is 4.49. The van der Waals surface area contributed by atoms with Gasteiger partial charge in [0.2, 0.25) is 0 Å². The summed E-state index contributed by atoms with van der Waals surface area (Å²) < 4.78 is 0. The molecule has 3 nitrogen and oxygen atoms in total. The SMILES string of the molecule is O=C(O)Cc1cnc(-c2ccc(-c3ccc(Cl)cc3)cc2)s1. The zero-order valence-corrected chi connectivity index (χ0v) is 13.1. The molecule has 0 spiro atoms. The molecule has 0 bridgehead atoms. The van der Waals surface area contributed by atoms with E-state index in [0.29, 0.717) is 5.02 Å². The van der Waals surface area contributed by atoms with Crippen molar-refractivity contribution in [3.8, 4) is 21.7 Å². The highest BCUT2D eigenvalue weighted by Gasteiger charge is 2.08. The average molecular weight is 330 g/mol. The van der Waals surface area contributed by atoms with E-state index in [1.165, 1.54) is 11.3 Å². The average Bonchev–Trinajstić information content (AvgIpc) is 2.96. The van der Waals surface area contributed by atoms with Crippen LogP contribution in [-0.2, 0) is 11.2 Å². The Kier molecular flexibility index (Phi) is 4.22. The quantitative estimate of drug-likeness (QED) is 0.751. The molecule has 110 valence electrons. The van der Waals surface area contributed by atoms with Crippen molar-refractivity contribution < 1.29 is 9.90 Å². The second-order valence-corrected chi connectivity index (χ2v) is 6.34. The van der Waals surface area contributed by atoms with Gasteiger partial charge in [-0.2, -0.15) is 0 Å². The van der Waals surface area contributed by atoms with Gasteiger partial charge in [-0.3, -0.25) is 4.79 Å². The molecule has 1 heterocycles. The first kappa shape index (κ1) is 14.8. The van der Waals surface area contributed by atoms with E-state index in [4.69, 9.17) is 16.7 Å². The maximum Gasteiger partial charge on any atom is 0.308 e. The van der Waals surface area contributed by atoms with Crippen molar-refractivity contribution in [2.24, 2.45) is 0 Å². The van der Waals surface area contributed by atoms with E-state index in [9.17, 15) is 4.79 Å². The molecule has 0 aliphatic carbocycles. The van der Waals surface area contributed by atoms with E-state index in [0.717, 1.165) is 26.6 Å². The van der Waals surface area contributed by atoms with E-state index in [-0.39, 0.29) is 6.42 Å². The van der Waals surface area contributed by atoms with E-state index in [2.05, 4.69) is 4.98 Å². The Hall–Kier alpha value is -2.17. The minimum atomic E-state index is -0.840. The number of carboxylic acids is 1. The number of carbonyl (C=O) groups is 1. The number of aliphatic carboxylic acids is 1. The first-order chi connectivity index (χ1) is 10.6. The minimum Gasteiger partial charge on any atom is -0.481 e. The van der Waals surface area contributed by atoms with Gasteiger partial charge in [0.05, 0.1) is 6.42 Å². The molecule has 0 aliphatic rings. The molecule has 3 aromatic rings. The maximum absolute atomic E-state index is 10.7. The van der Waals surface area contributed by atoms with Gasteiger partial charge < -0.3 is 5.11 Å². The summed E-state index contributed by atoms with van der Waals surface area (Å²) in [5, 5.41) is 10.3. The minimum absolute atomic E-state index is 0.0144. The number of benzene rings is 2. The number of halogens is 1. The molecular weight excluding hydrogens is 318 g/mol. The molecule has 5 heteroatoms. The summed E-state index contributed by atoms with van der Waals surface area (Å²) in [6.45, 7) is 0. The van der Waals surface area contributed by atoms with Crippen LogP contribution in [0.1, 0.15) is 4.88 Å². The molecule has 0 aliphatic heterocycles. The summed E-state index contributed by atoms with van der Waals surface area (Å²) in [4.78, 5) is 15.8. The van der Waals surface area contributed by atoms with Gasteiger partial charge >= 0.3 is 5.97 Å². The first-order valence-electron chi connectivity index (χ1n) is 6.65. The van der Waals surface area contributed by atoms with Crippen LogP contribution in [0.4, 0.5) is 0 Å². The molecule has 0 radical (unpaired) electrons. The first-order valence-corrected chi connectivity index (χ1v) is 7.84. The van der Waals surface area contributed by atoms with Gasteiger partial charge in [-0.25, -0.2) is 4.98 Å². The van der Waals surface area contributed by atoms with Gasteiger partial charge in [-0.1, -0.05) is 48.0 Å². The Morgan fingerprint density at radius 3 is 2.14 bits per heavy atom. The van der Waals surface area contributed by atoms with Crippen LogP contribution in [0.15, 0.2) is 54.7 Å². The number of rotatable bonds is 4. The molecule has 0 fully saturated rings. The van der Waals surface area contributed by atoms with Crippen molar-refractivity contribution in [3.05, 3.63) is 64.6 Å². The summed E-state index contributed by atoms with van der Waals surface area (Å²) in [6, 6.07) is 15.7. The van der Waals surface area contributed by atoms with Crippen LogP contribution in [0.25, 0.3) is 21.7 Å². The zero-order valence-electron chi connectivity index (χ0n) is 11.5. The lowest BCUT2D eigenvalue weighted by Crippen LogP contribution is -1.97. The van der Waals surface area contributed by atoms with Crippen LogP contribution < -0.4 is 0 Å². The van der Waals surface area contributed by atoms with Crippen LogP contribution in [0.2, 0.25) is 5.02 Å². The molecule has 0 atom stereocenters. The van der Waals surface area contributed by atoms with Crippen molar-refractivity contribution in [2.45, 2.75) is 6.42 Å². The molecule has 0 unspecified atom stereocenters. The highest BCUT2D eigenvalue weighted by atomic mass is 35.5. The number of hydrogen-bond donors (Lipinski definition) is 1. The fraction of sp³-hybridized carbons (Fsp3) is 0.0588. The van der Waals surface area contributed by atoms with Gasteiger partial charge in [0.1, 0.15) is 5.01 Å². The second-order valence-electron chi connectivity index (χ2n) is 4.79. The molecular formula is C17H12ClNO2S. The number of hydrogen-bond acceptors (Lipinski definition) is 3. The lowest BCUT2D eigenvalue weighted by Gasteiger charge is -2.03. The van der Waals surface area contributed by atoms with Crippen LogP contribution >= 0.6 is 22.9 Å². The van der Waals surface area contributed by atoms with Gasteiger partial charge in [-0.15, -0.1) is 11.3 Å². The molecule has 0 saturated carbocycles. The molecule has 0 amide bonds. The standard InChI is InChI=1S/C17H12ClNO2S/c18-14-7-5-12(6-8-14)11-1-3-13(4-2-11)17-19-10-15(22-17)9-16(20)21/h1-8,10H,9H2,(H,20,21). The van der Waals surface area contributed by atoms with E-state index >= 15 is 0 Å². The lowest BCUT2D eigenvalue weighted by atomic mass is 10.0. The molecule has 22 heavy (non-hydrogen) atoms. The zero-order chi connectivity index (χ0) is 15.5. The van der Waals surface area contributed by atoms with E-state index in [1.54, 1.807) is 6.20 Å². The van der Waals surface area contributed by atoms with Crippen molar-refractivity contribution >= 4 is 28.9 Å². The van der Waals surface area contributed by atoms with Gasteiger partial charge in [0.25, 0.3) is 0 Å². The molecule has 1 aromatic heterocycles. The van der Waals surface area contributed by atoms with Crippen LogP contribution in [-0.4, -0.2) is 16.1 Å². The highest BCUT2D eigenvalue weighted by Crippen LogP contribution is 2.28. The number of thiazole rings is 1. The lowest BCUT2D eigenvalue weighted by molar-refractivity contribution is -0.136. The Balaban J connectivity index is 1.83. The Morgan fingerprint density at radius 2 is 1.55 bits per heavy atom. The highest BCUT2D eigenvalue weighted by molar-refractivity contribution is 7.15. The smallest absolute Gasteiger partial charge is 0.308 e. The summed E-state index contributed by atoms with van der Waals surface area (Å²) in [5.74, 6) is -0.840. The third-order valence-electron chi connectivity index (χ3n) is 3.19. The molecule has 0 saturated heterocycles.